The van der Waals surface area contributed by atoms with Gasteiger partial charge < -0.3 is 15.4 Å². The maximum Gasteiger partial charge on any atom is 0.257 e. The Labute approximate surface area is 157 Å². The van der Waals surface area contributed by atoms with Gasteiger partial charge in [-0.05, 0) is 35.9 Å². The largest absolute Gasteiger partial charge is 0.497 e. The summed E-state index contributed by atoms with van der Waals surface area (Å²) in [7, 11) is 1.58. The zero-order valence-electron chi connectivity index (χ0n) is 14.8. The van der Waals surface area contributed by atoms with Crippen LogP contribution in [-0.4, -0.2) is 23.9 Å². The monoisotopic (exact) mass is 361 g/mol. The third-order valence-corrected chi connectivity index (χ3v) is 3.91. The Morgan fingerprint density at radius 3 is 2.26 bits per heavy atom. The number of rotatable bonds is 6. The smallest absolute Gasteiger partial charge is 0.257 e. The molecule has 2 amide bonds. The number of aromatic nitrogens is 1. The summed E-state index contributed by atoms with van der Waals surface area (Å²) < 4.78 is 5.09. The van der Waals surface area contributed by atoms with Gasteiger partial charge in [0, 0.05) is 24.6 Å². The van der Waals surface area contributed by atoms with Crippen LogP contribution in [0.1, 0.15) is 26.3 Å². The molecule has 0 bridgehead atoms. The zero-order valence-corrected chi connectivity index (χ0v) is 14.8. The predicted molar refractivity (Wildman–Crippen MR) is 103 cm³/mol. The number of nitrogens with one attached hydrogen (secondary N) is 2. The molecule has 0 aliphatic carbocycles. The number of carbonyl (C=O) groups excluding carboxylic acids is 2. The molecule has 6 heteroatoms. The second-order valence-corrected chi connectivity index (χ2v) is 5.81. The summed E-state index contributed by atoms with van der Waals surface area (Å²) in [4.78, 5) is 28.7. The quantitative estimate of drug-likeness (QED) is 0.706. The summed E-state index contributed by atoms with van der Waals surface area (Å²) in [5, 5.41) is 5.59. The van der Waals surface area contributed by atoms with Crippen molar-refractivity contribution >= 4 is 17.5 Å². The van der Waals surface area contributed by atoms with Crippen LogP contribution >= 0.6 is 0 Å². The van der Waals surface area contributed by atoms with E-state index in [1.165, 1.54) is 18.5 Å². The van der Waals surface area contributed by atoms with Gasteiger partial charge in [0.05, 0.1) is 18.2 Å². The Morgan fingerprint density at radius 1 is 0.926 bits per heavy atom. The summed E-state index contributed by atoms with van der Waals surface area (Å²) in [6.45, 7) is 0.405. The van der Waals surface area contributed by atoms with Gasteiger partial charge in [-0.1, -0.05) is 30.3 Å². The molecular formula is C21H19N3O3. The van der Waals surface area contributed by atoms with Crippen molar-refractivity contribution in [2.24, 2.45) is 0 Å². The second kappa shape index (κ2) is 8.62. The summed E-state index contributed by atoms with van der Waals surface area (Å²) in [6, 6.07) is 18.1. The van der Waals surface area contributed by atoms with Gasteiger partial charge in [-0.25, -0.2) is 0 Å². The van der Waals surface area contributed by atoms with Crippen molar-refractivity contribution in [1.29, 1.82) is 0 Å². The summed E-state index contributed by atoms with van der Waals surface area (Å²) >= 11 is 0. The fourth-order valence-corrected chi connectivity index (χ4v) is 2.45. The van der Waals surface area contributed by atoms with Crippen LogP contribution in [0.3, 0.4) is 0 Å². The first-order valence-corrected chi connectivity index (χ1v) is 8.38. The highest BCUT2D eigenvalue weighted by molar-refractivity contribution is 6.05. The Kier molecular flexibility index (Phi) is 5.79. The van der Waals surface area contributed by atoms with Crippen LogP contribution in [0.2, 0.25) is 0 Å². The lowest BCUT2D eigenvalue weighted by Crippen LogP contribution is -2.23. The molecule has 0 saturated heterocycles. The highest BCUT2D eigenvalue weighted by atomic mass is 16.5. The third kappa shape index (κ3) is 4.92. The van der Waals surface area contributed by atoms with E-state index in [1.54, 1.807) is 31.4 Å². The van der Waals surface area contributed by atoms with Gasteiger partial charge in [-0.2, -0.15) is 0 Å². The summed E-state index contributed by atoms with van der Waals surface area (Å²) in [5.74, 6) is 0.0718. The van der Waals surface area contributed by atoms with E-state index >= 15 is 0 Å². The minimum Gasteiger partial charge on any atom is -0.497 e. The SMILES string of the molecule is COc1ccc(NC(=O)c2cncc(C(=O)NCc3ccccc3)c2)cc1. The number of methoxy groups -OCH3 is 1. The van der Waals surface area contributed by atoms with E-state index in [-0.39, 0.29) is 11.8 Å². The van der Waals surface area contributed by atoms with E-state index in [0.29, 0.717) is 29.1 Å². The van der Waals surface area contributed by atoms with Crippen LogP contribution in [0.4, 0.5) is 5.69 Å². The maximum atomic E-state index is 12.4. The van der Waals surface area contributed by atoms with Crippen LogP contribution in [0.5, 0.6) is 5.75 Å². The number of nitrogens with zero attached hydrogens (tertiary/aromatic N) is 1. The Morgan fingerprint density at radius 2 is 1.59 bits per heavy atom. The molecule has 0 aliphatic rings. The fraction of sp³-hybridized carbons (Fsp3) is 0.0952. The van der Waals surface area contributed by atoms with Crippen molar-refractivity contribution in [2.75, 3.05) is 12.4 Å². The lowest BCUT2D eigenvalue weighted by atomic mass is 10.1. The molecular weight excluding hydrogens is 342 g/mol. The molecule has 1 aromatic heterocycles. The summed E-state index contributed by atoms with van der Waals surface area (Å²) in [6.07, 6.45) is 2.86. The van der Waals surface area contributed by atoms with Crippen LogP contribution in [0, 0.1) is 0 Å². The third-order valence-electron chi connectivity index (χ3n) is 3.91. The van der Waals surface area contributed by atoms with Gasteiger partial charge >= 0.3 is 0 Å². The van der Waals surface area contributed by atoms with Crippen molar-refractivity contribution < 1.29 is 14.3 Å². The molecule has 136 valence electrons. The van der Waals surface area contributed by atoms with Gasteiger partial charge in [0.15, 0.2) is 0 Å². The molecule has 0 unspecified atom stereocenters. The van der Waals surface area contributed by atoms with E-state index in [2.05, 4.69) is 15.6 Å². The van der Waals surface area contributed by atoms with Crippen LogP contribution in [0.25, 0.3) is 0 Å². The average Bonchev–Trinajstić information content (AvgIpc) is 2.73. The molecule has 3 rings (SSSR count). The van der Waals surface area contributed by atoms with Crippen molar-refractivity contribution in [3.05, 3.63) is 89.7 Å². The number of carbonyl (C=O) groups is 2. The average molecular weight is 361 g/mol. The molecule has 2 N–H and O–H groups in total. The molecule has 2 aromatic carbocycles. The molecule has 3 aromatic rings. The minimum absolute atomic E-state index is 0.287. The lowest BCUT2D eigenvalue weighted by molar-refractivity contribution is 0.0950. The molecule has 0 spiro atoms. The molecule has 0 fully saturated rings. The molecule has 0 atom stereocenters. The normalized spacial score (nSPS) is 10.1. The molecule has 1 heterocycles. The fourth-order valence-electron chi connectivity index (χ4n) is 2.45. The summed E-state index contributed by atoms with van der Waals surface area (Å²) in [5.41, 5.74) is 2.25. The number of hydrogen-bond donors (Lipinski definition) is 2. The van der Waals surface area contributed by atoms with Crippen molar-refractivity contribution in [1.82, 2.24) is 10.3 Å². The zero-order chi connectivity index (χ0) is 19.1. The van der Waals surface area contributed by atoms with E-state index in [1.807, 2.05) is 30.3 Å². The first kappa shape index (κ1) is 18.1. The number of amides is 2. The standard InChI is InChI=1S/C21H19N3O3/c1-27-19-9-7-18(8-10-19)24-21(26)17-11-16(13-22-14-17)20(25)23-12-15-5-3-2-4-6-15/h2-11,13-14H,12H2,1H3,(H,23,25)(H,24,26). The van der Waals surface area contributed by atoms with Gasteiger partial charge in [-0.15, -0.1) is 0 Å². The van der Waals surface area contributed by atoms with Crippen molar-refractivity contribution in [3.8, 4) is 5.75 Å². The van der Waals surface area contributed by atoms with E-state index < -0.39 is 0 Å². The minimum atomic E-state index is -0.342. The predicted octanol–water partition coefficient (Wildman–Crippen LogP) is 3.27. The molecule has 0 radical (unpaired) electrons. The van der Waals surface area contributed by atoms with Crippen LogP contribution in [0.15, 0.2) is 73.1 Å². The first-order valence-electron chi connectivity index (χ1n) is 8.38. The Bertz CT molecular complexity index is 925. The lowest BCUT2D eigenvalue weighted by Gasteiger charge is -2.08. The molecule has 27 heavy (non-hydrogen) atoms. The highest BCUT2D eigenvalue weighted by Crippen LogP contribution is 2.16. The van der Waals surface area contributed by atoms with E-state index in [4.69, 9.17) is 4.74 Å². The molecule has 0 aliphatic heterocycles. The first-order chi connectivity index (χ1) is 13.2. The van der Waals surface area contributed by atoms with Gasteiger partial charge in [0.2, 0.25) is 0 Å². The van der Waals surface area contributed by atoms with Gasteiger partial charge in [0.25, 0.3) is 11.8 Å². The number of benzene rings is 2. The van der Waals surface area contributed by atoms with Gasteiger partial charge in [0.1, 0.15) is 5.75 Å². The molecule has 6 nitrogen and oxygen atoms in total. The number of pyridine rings is 1. The highest BCUT2D eigenvalue weighted by Gasteiger charge is 2.12. The van der Waals surface area contributed by atoms with E-state index in [0.717, 1.165) is 5.56 Å². The van der Waals surface area contributed by atoms with Crippen molar-refractivity contribution in [2.45, 2.75) is 6.54 Å². The topological polar surface area (TPSA) is 80.3 Å². The number of hydrogen-bond acceptors (Lipinski definition) is 4. The Hall–Kier alpha value is -3.67. The van der Waals surface area contributed by atoms with Crippen molar-refractivity contribution in [3.63, 3.8) is 0 Å². The van der Waals surface area contributed by atoms with Gasteiger partial charge in [-0.3, -0.25) is 14.6 Å². The number of ether oxygens (including phenoxy) is 1. The number of anilines is 1. The maximum absolute atomic E-state index is 12.4. The second-order valence-electron chi connectivity index (χ2n) is 5.81. The van der Waals surface area contributed by atoms with Crippen LogP contribution in [-0.2, 0) is 6.54 Å². The van der Waals surface area contributed by atoms with Crippen LogP contribution < -0.4 is 15.4 Å². The molecule has 0 saturated carbocycles. The van der Waals surface area contributed by atoms with E-state index in [9.17, 15) is 9.59 Å². The Balaban J connectivity index is 1.64.